The Bertz CT molecular complexity index is 472. The maximum Gasteiger partial charge on any atom is 0.0140 e. The number of para-hydroxylation sites is 1. The van der Waals surface area contributed by atoms with Crippen LogP contribution in [0.3, 0.4) is 0 Å². The average molecular weight is 211 g/mol. The predicted molar refractivity (Wildman–Crippen MR) is 64.5 cm³/mol. The maximum atomic E-state index is 11.8. The third-order valence-electron chi connectivity index (χ3n) is 3.06. The summed E-state index contributed by atoms with van der Waals surface area (Å²) in [7, 11) is 0. The molecule has 0 saturated heterocycles. The minimum absolute atomic E-state index is 0.108. The van der Waals surface area contributed by atoms with Crippen molar-refractivity contribution in [3.8, 4) is 5.75 Å². The van der Waals surface area contributed by atoms with Gasteiger partial charge in [0.2, 0.25) is 0 Å². The van der Waals surface area contributed by atoms with E-state index in [1.165, 1.54) is 5.56 Å². The van der Waals surface area contributed by atoms with Crippen LogP contribution in [0, 0.1) is 0 Å². The molecule has 0 aliphatic heterocycles. The SMILES string of the molecule is CC(C)(c1ccccc1)c1ccccc1[O-]. The predicted octanol–water partition coefficient (Wildman–Crippen LogP) is 3.09. The molecule has 0 atom stereocenters. The molecule has 0 unspecified atom stereocenters. The number of hydrogen-bond acceptors (Lipinski definition) is 1. The lowest BCUT2D eigenvalue weighted by atomic mass is 9.78. The van der Waals surface area contributed by atoms with Gasteiger partial charge in [-0.25, -0.2) is 0 Å². The van der Waals surface area contributed by atoms with Crippen LogP contribution in [0.25, 0.3) is 0 Å². The van der Waals surface area contributed by atoms with Crippen LogP contribution in [-0.2, 0) is 5.41 Å². The Morgan fingerprint density at radius 3 is 2.00 bits per heavy atom. The van der Waals surface area contributed by atoms with Gasteiger partial charge in [-0.15, -0.1) is 5.75 Å². The zero-order valence-corrected chi connectivity index (χ0v) is 9.60. The lowest BCUT2D eigenvalue weighted by Gasteiger charge is -2.30. The summed E-state index contributed by atoms with van der Waals surface area (Å²) in [5.41, 5.74) is 1.78. The summed E-state index contributed by atoms with van der Waals surface area (Å²) in [4.78, 5) is 0. The first-order chi connectivity index (χ1) is 7.62. The fourth-order valence-electron chi connectivity index (χ4n) is 1.99. The smallest absolute Gasteiger partial charge is 0.0140 e. The molecular formula is C15H15O-. The van der Waals surface area contributed by atoms with Crippen molar-refractivity contribution >= 4 is 0 Å². The van der Waals surface area contributed by atoms with E-state index in [0.717, 1.165) is 5.56 Å². The van der Waals surface area contributed by atoms with Gasteiger partial charge in [0.1, 0.15) is 0 Å². The second kappa shape index (κ2) is 4.01. The molecule has 0 aliphatic carbocycles. The maximum absolute atomic E-state index is 11.8. The van der Waals surface area contributed by atoms with Crippen molar-refractivity contribution in [3.63, 3.8) is 0 Å². The van der Waals surface area contributed by atoms with Crippen LogP contribution < -0.4 is 5.11 Å². The summed E-state index contributed by atoms with van der Waals surface area (Å²) in [6, 6.07) is 17.4. The van der Waals surface area contributed by atoms with Crippen LogP contribution in [0.2, 0.25) is 0 Å². The molecule has 0 heterocycles. The van der Waals surface area contributed by atoms with Gasteiger partial charge in [-0.1, -0.05) is 68.4 Å². The Kier molecular flexibility index (Phi) is 2.69. The van der Waals surface area contributed by atoms with Gasteiger partial charge >= 0.3 is 0 Å². The summed E-state index contributed by atoms with van der Waals surface area (Å²) < 4.78 is 0. The van der Waals surface area contributed by atoms with E-state index >= 15 is 0 Å². The first-order valence-electron chi connectivity index (χ1n) is 5.44. The van der Waals surface area contributed by atoms with Gasteiger partial charge in [0.05, 0.1) is 0 Å². The lowest BCUT2D eigenvalue weighted by molar-refractivity contribution is -0.270. The van der Waals surface area contributed by atoms with Gasteiger partial charge < -0.3 is 5.11 Å². The van der Waals surface area contributed by atoms with Crippen LogP contribution in [-0.4, -0.2) is 0 Å². The van der Waals surface area contributed by atoms with Crippen molar-refractivity contribution in [1.82, 2.24) is 0 Å². The molecule has 0 aromatic heterocycles. The van der Waals surface area contributed by atoms with Crippen molar-refractivity contribution in [3.05, 3.63) is 65.7 Å². The highest BCUT2D eigenvalue weighted by molar-refractivity contribution is 5.44. The number of hydrogen-bond donors (Lipinski definition) is 0. The quantitative estimate of drug-likeness (QED) is 0.748. The molecule has 0 radical (unpaired) electrons. The van der Waals surface area contributed by atoms with Crippen molar-refractivity contribution < 1.29 is 5.11 Å². The topological polar surface area (TPSA) is 23.1 Å². The van der Waals surface area contributed by atoms with E-state index in [1.807, 2.05) is 30.3 Å². The van der Waals surface area contributed by atoms with Crippen LogP contribution in [0.4, 0.5) is 0 Å². The van der Waals surface area contributed by atoms with E-state index in [0.29, 0.717) is 0 Å². The molecule has 1 heteroatoms. The van der Waals surface area contributed by atoms with Crippen LogP contribution in [0.5, 0.6) is 5.75 Å². The zero-order valence-electron chi connectivity index (χ0n) is 9.60. The third-order valence-corrected chi connectivity index (χ3v) is 3.06. The molecule has 0 spiro atoms. The summed E-state index contributed by atoms with van der Waals surface area (Å²) >= 11 is 0. The normalized spacial score (nSPS) is 11.4. The molecule has 82 valence electrons. The van der Waals surface area contributed by atoms with Gasteiger partial charge in [-0.05, 0) is 11.1 Å². The first-order valence-corrected chi connectivity index (χ1v) is 5.44. The number of benzene rings is 2. The largest absolute Gasteiger partial charge is 0.872 e. The highest BCUT2D eigenvalue weighted by atomic mass is 16.3. The monoisotopic (exact) mass is 211 g/mol. The van der Waals surface area contributed by atoms with E-state index in [4.69, 9.17) is 0 Å². The molecule has 0 N–H and O–H groups in total. The van der Waals surface area contributed by atoms with E-state index in [-0.39, 0.29) is 11.2 Å². The summed E-state index contributed by atoms with van der Waals surface area (Å²) in [5, 5.41) is 11.8. The summed E-state index contributed by atoms with van der Waals surface area (Å²) in [6.07, 6.45) is 0. The molecule has 2 rings (SSSR count). The van der Waals surface area contributed by atoms with Gasteiger partial charge in [0.25, 0.3) is 0 Å². The molecule has 2 aromatic carbocycles. The van der Waals surface area contributed by atoms with Crippen molar-refractivity contribution in [2.24, 2.45) is 0 Å². The highest BCUT2D eigenvalue weighted by Gasteiger charge is 2.22. The van der Waals surface area contributed by atoms with E-state index in [2.05, 4.69) is 26.0 Å². The fourth-order valence-corrected chi connectivity index (χ4v) is 1.99. The number of rotatable bonds is 2. The fraction of sp³-hybridized carbons (Fsp3) is 0.200. The standard InChI is InChI=1S/C15H16O/c1-15(2,12-8-4-3-5-9-12)13-10-6-7-11-14(13)16/h3-11,16H,1-2H3/p-1. The zero-order chi connectivity index (χ0) is 11.6. The third kappa shape index (κ3) is 1.81. The Labute approximate surface area is 96.4 Å². The van der Waals surface area contributed by atoms with E-state index in [9.17, 15) is 5.11 Å². The van der Waals surface area contributed by atoms with Crippen molar-refractivity contribution in [2.45, 2.75) is 19.3 Å². The van der Waals surface area contributed by atoms with Crippen LogP contribution in [0.1, 0.15) is 25.0 Å². The summed E-state index contributed by atoms with van der Waals surface area (Å²) in [6.45, 7) is 4.16. The molecule has 0 amide bonds. The average Bonchev–Trinajstić information content (AvgIpc) is 2.30. The molecule has 1 nitrogen and oxygen atoms in total. The molecule has 2 aromatic rings. The van der Waals surface area contributed by atoms with E-state index < -0.39 is 0 Å². The van der Waals surface area contributed by atoms with Crippen LogP contribution in [0.15, 0.2) is 54.6 Å². The van der Waals surface area contributed by atoms with Gasteiger partial charge in [-0.3, -0.25) is 0 Å². The lowest BCUT2D eigenvalue weighted by Crippen LogP contribution is -2.20. The van der Waals surface area contributed by atoms with Crippen LogP contribution >= 0.6 is 0 Å². The molecule has 0 aliphatic rings. The first kappa shape index (κ1) is 10.7. The molecular weight excluding hydrogens is 196 g/mol. The second-order valence-electron chi connectivity index (χ2n) is 4.49. The molecule has 16 heavy (non-hydrogen) atoms. The minimum Gasteiger partial charge on any atom is -0.872 e. The molecule has 0 fully saturated rings. The summed E-state index contributed by atoms with van der Waals surface area (Å²) in [5.74, 6) is 0.108. The minimum atomic E-state index is -0.237. The molecule has 0 bridgehead atoms. The van der Waals surface area contributed by atoms with Gasteiger partial charge in [0, 0.05) is 5.41 Å². The van der Waals surface area contributed by atoms with Crippen molar-refractivity contribution in [2.75, 3.05) is 0 Å². The Balaban J connectivity index is 2.51. The Morgan fingerprint density at radius 1 is 0.812 bits per heavy atom. The van der Waals surface area contributed by atoms with Gasteiger partial charge in [0.15, 0.2) is 0 Å². The Hall–Kier alpha value is -1.76. The second-order valence-corrected chi connectivity index (χ2v) is 4.49. The highest BCUT2D eigenvalue weighted by Crippen LogP contribution is 2.34. The van der Waals surface area contributed by atoms with E-state index in [1.54, 1.807) is 12.1 Å². The van der Waals surface area contributed by atoms with Crippen molar-refractivity contribution in [1.29, 1.82) is 0 Å². The van der Waals surface area contributed by atoms with Gasteiger partial charge in [-0.2, -0.15) is 0 Å². The molecule has 0 saturated carbocycles. The Morgan fingerprint density at radius 2 is 1.38 bits per heavy atom.